The van der Waals surface area contributed by atoms with Crippen LogP contribution in [0, 0.1) is 11.6 Å². The van der Waals surface area contributed by atoms with Crippen LogP contribution in [0.3, 0.4) is 0 Å². The minimum atomic E-state index is -0.736. The van der Waals surface area contributed by atoms with Crippen molar-refractivity contribution in [2.75, 3.05) is 19.8 Å². The molecule has 0 spiro atoms. The van der Waals surface area contributed by atoms with Crippen LogP contribution < -0.4 is 5.32 Å². The molecule has 0 aliphatic carbocycles. The fourth-order valence-corrected chi connectivity index (χ4v) is 4.84. The molecule has 2 aliphatic heterocycles. The van der Waals surface area contributed by atoms with Gasteiger partial charge in [-0.25, -0.2) is 8.78 Å². The number of hydrogen-bond acceptors (Lipinski definition) is 5. The second kappa shape index (κ2) is 11.4. The Morgan fingerprint density at radius 1 is 1.18 bits per heavy atom. The SMILES string of the molecule is C[C@@H](NC(=O)C[C@H]1CC[C@@H]2[C@H](COC[C@H](O)CN2Cc2cc(F)ccc2F)O1)c1ccccc1. The van der Waals surface area contributed by atoms with Crippen molar-refractivity contribution in [1.29, 1.82) is 0 Å². The maximum absolute atomic E-state index is 14.3. The molecule has 2 fully saturated rings. The topological polar surface area (TPSA) is 71.0 Å². The molecule has 0 bridgehead atoms. The largest absolute Gasteiger partial charge is 0.389 e. The first-order valence-corrected chi connectivity index (χ1v) is 11.8. The van der Waals surface area contributed by atoms with Crippen LogP contribution in [0.5, 0.6) is 0 Å². The molecule has 34 heavy (non-hydrogen) atoms. The molecule has 2 aliphatic rings. The van der Waals surface area contributed by atoms with Crippen molar-refractivity contribution in [1.82, 2.24) is 10.2 Å². The molecular weight excluding hydrogens is 442 g/mol. The summed E-state index contributed by atoms with van der Waals surface area (Å²) in [4.78, 5) is 14.6. The van der Waals surface area contributed by atoms with E-state index in [0.29, 0.717) is 12.8 Å². The monoisotopic (exact) mass is 474 g/mol. The van der Waals surface area contributed by atoms with E-state index >= 15 is 0 Å². The van der Waals surface area contributed by atoms with Crippen LogP contribution in [0.25, 0.3) is 0 Å². The Morgan fingerprint density at radius 2 is 1.97 bits per heavy atom. The van der Waals surface area contributed by atoms with E-state index < -0.39 is 17.7 Å². The fourth-order valence-electron chi connectivity index (χ4n) is 4.84. The maximum atomic E-state index is 14.3. The number of aliphatic hydroxyl groups excluding tert-OH is 1. The highest BCUT2D eigenvalue weighted by molar-refractivity contribution is 5.77. The number of carbonyl (C=O) groups is 1. The van der Waals surface area contributed by atoms with E-state index in [1.807, 2.05) is 42.2 Å². The Labute approximate surface area is 198 Å². The van der Waals surface area contributed by atoms with E-state index in [1.165, 1.54) is 6.07 Å². The van der Waals surface area contributed by atoms with E-state index in [1.54, 1.807) is 0 Å². The molecule has 4 rings (SSSR count). The first kappa shape index (κ1) is 24.7. The van der Waals surface area contributed by atoms with E-state index in [0.717, 1.165) is 17.7 Å². The van der Waals surface area contributed by atoms with Gasteiger partial charge in [0.05, 0.1) is 44.0 Å². The normalized spacial score (nSPS) is 26.7. The maximum Gasteiger partial charge on any atom is 0.223 e. The quantitative estimate of drug-likeness (QED) is 0.672. The zero-order valence-electron chi connectivity index (χ0n) is 19.3. The van der Waals surface area contributed by atoms with Gasteiger partial charge in [0.2, 0.25) is 5.91 Å². The fraction of sp³-hybridized carbons (Fsp3) is 0.500. The van der Waals surface area contributed by atoms with Crippen LogP contribution in [-0.4, -0.2) is 60.0 Å². The van der Waals surface area contributed by atoms with Crippen LogP contribution in [0.15, 0.2) is 48.5 Å². The number of amides is 1. The zero-order valence-corrected chi connectivity index (χ0v) is 19.3. The number of fused-ring (bicyclic) bond motifs is 1. The van der Waals surface area contributed by atoms with Gasteiger partial charge in [-0.05, 0) is 43.5 Å². The Hall–Kier alpha value is -2.39. The molecule has 5 atom stereocenters. The standard InChI is InChI=1S/C26H32F2N2O4/c1-17(18-5-3-2-4-6-18)29-26(32)12-22-8-10-24-25(34-22)16-33-15-21(31)14-30(24)13-19-11-20(27)7-9-23(19)28/h2-7,9,11,17,21-22,24-25,31H,8,10,12-16H2,1H3,(H,29,32)/t17-,21-,22-,24-,25+/m1/s1. The van der Waals surface area contributed by atoms with Gasteiger partial charge >= 0.3 is 0 Å². The molecule has 6 nitrogen and oxygen atoms in total. The number of β-amino-alcohol motifs (C(OH)–C–C–N with tert-alkyl or cyclic N) is 1. The predicted molar refractivity (Wildman–Crippen MR) is 123 cm³/mol. The number of ether oxygens (including phenoxy) is 2. The van der Waals surface area contributed by atoms with Crippen molar-refractivity contribution in [3.8, 4) is 0 Å². The van der Waals surface area contributed by atoms with Crippen LogP contribution in [0.4, 0.5) is 8.78 Å². The van der Waals surface area contributed by atoms with Crippen LogP contribution in [-0.2, 0) is 20.8 Å². The summed E-state index contributed by atoms with van der Waals surface area (Å²) in [6.45, 7) is 2.77. The molecule has 2 saturated heterocycles. The molecule has 2 aromatic carbocycles. The Morgan fingerprint density at radius 3 is 2.76 bits per heavy atom. The second-order valence-electron chi connectivity index (χ2n) is 9.20. The minimum absolute atomic E-state index is 0.0827. The number of halogens is 2. The van der Waals surface area contributed by atoms with E-state index in [-0.39, 0.29) is 68.5 Å². The third-order valence-corrected chi connectivity index (χ3v) is 6.56. The Kier molecular flexibility index (Phi) is 8.26. The summed E-state index contributed by atoms with van der Waals surface area (Å²) in [6, 6.07) is 12.9. The molecule has 2 aromatic rings. The van der Waals surface area contributed by atoms with Crippen molar-refractivity contribution in [2.24, 2.45) is 0 Å². The lowest BCUT2D eigenvalue weighted by Crippen LogP contribution is -2.55. The van der Waals surface area contributed by atoms with Gasteiger partial charge in [0.25, 0.3) is 0 Å². The van der Waals surface area contributed by atoms with Gasteiger partial charge < -0.3 is 19.9 Å². The van der Waals surface area contributed by atoms with Crippen molar-refractivity contribution >= 4 is 5.91 Å². The van der Waals surface area contributed by atoms with E-state index in [4.69, 9.17) is 9.47 Å². The molecular formula is C26H32F2N2O4. The highest BCUT2D eigenvalue weighted by Gasteiger charge is 2.38. The minimum Gasteiger partial charge on any atom is -0.389 e. The average molecular weight is 475 g/mol. The second-order valence-corrected chi connectivity index (χ2v) is 9.20. The third-order valence-electron chi connectivity index (χ3n) is 6.56. The van der Waals surface area contributed by atoms with Crippen LogP contribution in [0.1, 0.15) is 43.4 Å². The van der Waals surface area contributed by atoms with Gasteiger partial charge in [-0.2, -0.15) is 0 Å². The van der Waals surface area contributed by atoms with Gasteiger partial charge in [-0.1, -0.05) is 30.3 Å². The number of hydrogen-bond donors (Lipinski definition) is 2. The molecule has 184 valence electrons. The number of carbonyl (C=O) groups excluding carboxylic acids is 1. The molecule has 8 heteroatoms. The van der Waals surface area contributed by atoms with Gasteiger partial charge in [-0.3, -0.25) is 9.69 Å². The molecule has 1 amide bonds. The van der Waals surface area contributed by atoms with E-state index in [9.17, 15) is 18.7 Å². The zero-order chi connectivity index (χ0) is 24.1. The van der Waals surface area contributed by atoms with Gasteiger partial charge in [0.15, 0.2) is 0 Å². The van der Waals surface area contributed by atoms with Gasteiger partial charge in [0.1, 0.15) is 11.6 Å². The molecule has 0 aromatic heterocycles. The molecule has 0 unspecified atom stereocenters. The summed E-state index contributed by atoms with van der Waals surface area (Å²) in [6.07, 6.45) is 0.255. The number of aliphatic hydroxyl groups is 1. The first-order chi connectivity index (χ1) is 16.4. The summed E-state index contributed by atoms with van der Waals surface area (Å²) in [5.41, 5.74) is 1.27. The lowest BCUT2D eigenvalue weighted by atomic mass is 9.94. The van der Waals surface area contributed by atoms with Crippen molar-refractivity contribution in [3.63, 3.8) is 0 Å². The Bertz CT molecular complexity index is 961. The molecule has 0 radical (unpaired) electrons. The van der Waals surface area contributed by atoms with Crippen molar-refractivity contribution in [3.05, 3.63) is 71.3 Å². The summed E-state index contributed by atoms with van der Waals surface area (Å²) in [5, 5.41) is 13.3. The summed E-state index contributed by atoms with van der Waals surface area (Å²) in [7, 11) is 0. The predicted octanol–water partition coefficient (Wildman–Crippen LogP) is 3.34. The summed E-state index contributed by atoms with van der Waals surface area (Å²) < 4.78 is 39.9. The number of nitrogens with one attached hydrogen (secondary N) is 1. The lowest BCUT2D eigenvalue weighted by molar-refractivity contribution is -0.158. The lowest BCUT2D eigenvalue weighted by Gasteiger charge is -2.44. The van der Waals surface area contributed by atoms with Gasteiger partial charge in [0, 0.05) is 24.7 Å². The van der Waals surface area contributed by atoms with Crippen molar-refractivity contribution < 1.29 is 28.2 Å². The van der Waals surface area contributed by atoms with E-state index in [2.05, 4.69) is 5.32 Å². The van der Waals surface area contributed by atoms with Crippen LogP contribution >= 0.6 is 0 Å². The Balaban J connectivity index is 1.39. The first-order valence-electron chi connectivity index (χ1n) is 11.8. The average Bonchev–Trinajstić information content (AvgIpc) is 2.80. The molecule has 0 saturated carbocycles. The smallest absolute Gasteiger partial charge is 0.223 e. The summed E-state index contributed by atoms with van der Waals surface area (Å²) in [5.74, 6) is -1.06. The highest BCUT2D eigenvalue weighted by Crippen LogP contribution is 2.29. The third kappa shape index (κ3) is 6.39. The number of rotatable bonds is 6. The number of nitrogens with zero attached hydrogens (tertiary/aromatic N) is 1. The molecule has 2 heterocycles. The summed E-state index contributed by atoms with van der Waals surface area (Å²) >= 11 is 0. The highest BCUT2D eigenvalue weighted by atomic mass is 19.1. The molecule has 2 N–H and O–H groups in total. The van der Waals surface area contributed by atoms with Crippen molar-refractivity contribution in [2.45, 2.75) is 63.1 Å². The van der Waals surface area contributed by atoms with Crippen LogP contribution in [0.2, 0.25) is 0 Å². The van der Waals surface area contributed by atoms with Gasteiger partial charge in [-0.15, -0.1) is 0 Å². The number of benzene rings is 2.